The summed E-state index contributed by atoms with van der Waals surface area (Å²) < 4.78 is 0. The molecule has 2 aromatic rings. The normalized spacial score (nSPS) is 11.8. The molecule has 0 fully saturated rings. The minimum absolute atomic E-state index is 0.180. The van der Waals surface area contributed by atoms with Gasteiger partial charge in [-0.2, -0.15) is 4.98 Å². The topological polar surface area (TPSA) is 102 Å². The van der Waals surface area contributed by atoms with Crippen molar-refractivity contribution < 1.29 is 0 Å². The fourth-order valence-corrected chi connectivity index (χ4v) is 2.66. The molecule has 24 heavy (non-hydrogen) atoms. The van der Waals surface area contributed by atoms with Crippen LogP contribution in [0.1, 0.15) is 18.3 Å². The number of nitrogens with one attached hydrogen (secondary N) is 4. The van der Waals surface area contributed by atoms with Gasteiger partial charge in [0, 0.05) is 30.0 Å². The number of hydrogen-bond donors (Lipinski definition) is 4. The molecule has 2 rings (SSSR count). The van der Waals surface area contributed by atoms with Gasteiger partial charge in [-0.1, -0.05) is 23.4 Å². The van der Waals surface area contributed by atoms with Gasteiger partial charge in [0.2, 0.25) is 5.95 Å². The first-order chi connectivity index (χ1) is 11.5. The lowest BCUT2D eigenvalue weighted by atomic mass is 10.2. The second-order valence-corrected chi connectivity index (χ2v) is 6.39. The van der Waals surface area contributed by atoms with Gasteiger partial charge in [0.05, 0.1) is 5.04 Å². The quantitative estimate of drug-likeness (QED) is 0.356. The molecule has 0 spiro atoms. The lowest BCUT2D eigenvalue weighted by molar-refractivity contribution is 1.08. The smallest absolute Gasteiger partial charge is 0.246 e. The third-order valence-electron chi connectivity index (χ3n) is 2.88. The van der Waals surface area contributed by atoms with Crippen molar-refractivity contribution >= 4 is 45.2 Å². The predicted molar refractivity (Wildman–Crippen MR) is 101 cm³/mol. The molecule has 126 valence electrons. The molecule has 1 heterocycles. The number of aromatic nitrogens is 3. The zero-order valence-electron chi connectivity index (χ0n) is 13.5. The Bertz CT molecular complexity index is 782. The van der Waals surface area contributed by atoms with Crippen molar-refractivity contribution in [2.24, 2.45) is 4.99 Å². The van der Waals surface area contributed by atoms with E-state index in [-0.39, 0.29) is 11.0 Å². The Hall–Kier alpha value is -2.32. The summed E-state index contributed by atoms with van der Waals surface area (Å²) in [6, 6.07) is 5.95. The molecule has 9 heteroatoms. The zero-order valence-corrected chi connectivity index (χ0v) is 15.1. The standard InChI is InChI=1S/C15H18ClN7S/c1-9-8-11(20-15-21-14(13(16)17)22-23-15)4-5-12(9)24-10(2)19-7-6-18-3/h4-8,17-18H,1-3H3,(H2,20,21,22,23)/b7-6-,17-13?,19-10?. The van der Waals surface area contributed by atoms with E-state index in [9.17, 15) is 0 Å². The molecule has 7 nitrogen and oxygen atoms in total. The van der Waals surface area contributed by atoms with Crippen LogP contribution in [0.25, 0.3) is 0 Å². The van der Waals surface area contributed by atoms with Crippen molar-refractivity contribution in [3.8, 4) is 0 Å². The molecule has 0 aliphatic rings. The zero-order chi connectivity index (χ0) is 17.5. The number of H-pyrrole nitrogens is 1. The number of halogens is 1. The molecular formula is C15H18ClN7S. The van der Waals surface area contributed by atoms with Crippen molar-refractivity contribution in [2.45, 2.75) is 18.7 Å². The maximum Gasteiger partial charge on any atom is 0.246 e. The molecule has 0 bridgehead atoms. The van der Waals surface area contributed by atoms with E-state index in [2.05, 4.69) is 30.8 Å². The fraction of sp³-hybridized carbons (Fsp3) is 0.200. The number of aryl methyl sites for hydroxylation is 1. The predicted octanol–water partition coefficient (Wildman–Crippen LogP) is 3.62. The molecule has 0 radical (unpaired) electrons. The number of benzene rings is 1. The van der Waals surface area contributed by atoms with Gasteiger partial charge in [0.25, 0.3) is 0 Å². The Kier molecular flexibility index (Phi) is 6.39. The van der Waals surface area contributed by atoms with Gasteiger partial charge < -0.3 is 10.6 Å². The fourth-order valence-electron chi connectivity index (χ4n) is 1.79. The molecule has 0 aliphatic heterocycles. The highest BCUT2D eigenvalue weighted by molar-refractivity contribution is 8.14. The third kappa shape index (κ3) is 5.10. The van der Waals surface area contributed by atoms with Crippen LogP contribution in [0.2, 0.25) is 0 Å². The molecule has 4 N–H and O–H groups in total. The maximum absolute atomic E-state index is 7.30. The minimum atomic E-state index is -0.180. The van der Waals surface area contributed by atoms with Crippen molar-refractivity contribution in [3.63, 3.8) is 0 Å². The van der Waals surface area contributed by atoms with Crippen LogP contribution in [0.15, 0.2) is 40.5 Å². The lowest BCUT2D eigenvalue weighted by Crippen LogP contribution is -1.95. The van der Waals surface area contributed by atoms with Crippen molar-refractivity contribution in [1.29, 1.82) is 5.41 Å². The number of aliphatic imine (C=N–C) groups is 1. The third-order valence-corrected chi connectivity index (χ3v) is 4.14. The Balaban J connectivity index is 2.07. The summed E-state index contributed by atoms with van der Waals surface area (Å²) in [5, 5.41) is 20.6. The first-order valence-electron chi connectivity index (χ1n) is 7.08. The summed E-state index contributed by atoms with van der Waals surface area (Å²) in [5.74, 6) is 0.592. The Labute approximate surface area is 149 Å². The van der Waals surface area contributed by atoms with E-state index in [4.69, 9.17) is 17.0 Å². The molecule has 0 amide bonds. The van der Waals surface area contributed by atoms with E-state index in [0.29, 0.717) is 5.95 Å². The summed E-state index contributed by atoms with van der Waals surface area (Å²) in [7, 11) is 1.83. The highest BCUT2D eigenvalue weighted by Crippen LogP contribution is 2.27. The van der Waals surface area contributed by atoms with Gasteiger partial charge >= 0.3 is 0 Å². The minimum Gasteiger partial charge on any atom is -0.393 e. The average Bonchev–Trinajstić information content (AvgIpc) is 2.99. The monoisotopic (exact) mass is 363 g/mol. The highest BCUT2D eigenvalue weighted by atomic mass is 35.5. The first kappa shape index (κ1) is 18.0. The lowest BCUT2D eigenvalue weighted by Gasteiger charge is -2.08. The van der Waals surface area contributed by atoms with Gasteiger partial charge in [0.1, 0.15) is 0 Å². The van der Waals surface area contributed by atoms with E-state index in [1.165, 1.54) is 0 Å². The molecule has 0 saturated heterocycles. The number of nitrogens with zero attached hydrogens (tertiary/aromatic N) is 3. The van der Waals surface area contributed by atoms with Gasteiger partial charge in [0.15, 0.2) is 11.0 Å². The molecule has 1 aromatic heterocycles. The highest BCUT2D eigenvalue weighted by Gasteiger charge is 2.08. The van der Waals surface area contributed by atoms with Gasteiger partial charge in [-0.05, 0) is 37.6 Å². The van der Waals surface area contributed by atoms with Crippen LogP contribution in [-0.4, -0.2) is 32.4 Å². The second kappa shape index (κ2) is 8.51. The molecule has 0 unspecified atom stereocenters. The molecular weight excluding hydrogens is 346 g/mol. The van der Waals surface area contributed by atoms with Crippen molar-refractivity contribution in [1.82, 2.24) is 20.5 Å². The summed E-state index contributed by atoms with van der Waals surface area (Å²) in [5.41, 5.74) is 1.96. The van der Waals surface area contributed by atoms with Gasteiger partial charge in [-0.25, -0.2) is 0 Å². The molecule has 0 saturated carbocycles. The second-order valence-electron chi connectivity index (χ2n) is 4.78. The Morgan fingerprint density at radius 2 is 2.25 bits per heavy atom. The van der Waals surface area contributed by atoms with Crippen LogP contribution in [0.5, 0.6) is 0 Å². The van der Waals surface area contributed by atoms with Crippen LogP contribution in [0.3, 0.4) is 0 Å². The average molecular weight is 364 g/mol. The SMILES string of the molecule is CN/C=C\N=C(C)Sc1ccc(Nc2n[nH]c(C(=N)Cl)n2)cc1C. The Morgan fingerprint density at radius 1 is 1.46 bits per heavy atom. The first-order valence-corrected chi connectivity index (χ1v) is 8.28. The maximum atomic E-state index is 7.30. The van der Waals surface area contributed by atoms with Crippen molar-refractivity contribution in [2.75, 3.05) is 12.4 Å². The summed E-state index contributed by atoms with van der Waals surface area (Å²) in [6.07, 6.45) is 3.50. The Morgan fingerprint density at radius 3 is 2.88 bits per heavy atom. The van der Waals surface area contributed by atoms with Gasteiger partial charge in [-0.15, -0.1) is 5.10 Å². The summed E-state index contributed by atoms with van der Waals surface area (Å²) in [6.45, 7) is 3.99. The van der Waals surface area contributed by atoms with Crippen LogP contribution in [0.4, 0.5) is 11.6 Å². The van der Waals surface area contributed by atoms with E-state index >= 15 is 0 Å². The largest absolute Gasteiger partial charge is 0.393 e. The van der Waals surface area contributed by atoms with Crippen LogP contribution in [-0.2, 0) is 0 Å². The molecule has 0 atom stereocenters. The van der Waals surface area contributed by atoms with E-state index in [0.717, 1.165) is 21.2 Å². The van der Waals surface area contributed by atoms with Crippen LogP contribution >= 0.6 is 23.4 Å². The van der Waals surface area contributed by atoms with E-state index in [1.807, 2.05) is 39.1 Å². The number of anilines is 2. The van der Waals surface area contributed by atoms with Gasteiger partial charge in [-0.3, -0.25) is 15.5 Å². The summed E-state index contributed by atoms with van der Waals surface area (Å²) in [4.78, 5) is 9.52. The molecule has 0 aliphatic carbocycles. The summed E-state index contributed by atoms with van der Waals surface area (Å²) >= 11 is 7.16. The number of rotatable bonds is 6. The number of thioether (sulfide) groups is 1. The van der Waals surface area contributed by atoms with Crippen LogP contribution < -0.4 is 10.6 Å². The van der Waals surface area contributed by atoms with Crippen molar-refractivity contribution in [3.05, 3.63) is 42.0 Å². The van der Waals surface area contributed by atoms with E-state index < -0.39 is 0 Å². The van der Waals surface area contributed by atoms with Crippen LogP contribution in [0, 0.1) is 12.3 Å². The van der Waals surface area contributed by atoms with E-state index in [1.54, 1.807) is 24.2 Å². The molecule has 1 aromatic carbocycles. The number of aromatic amines is 1. The number of hydrogen-bond acceptors (Lipinski definition) is 7.